The van der Waals surface area contributed by atoms with E-state index in [4.69, 9.17) is 9.47 Å². The highest BCUT2D eigenvalue weighted by Gasteiger charge is 2.35. The normalized spacial score (nSPS) is 18.3. The average Bonchev–Trinajstić information content (AvgIpc) is 3.42. The summed E-state index contributed by atoms with van der Waals surface area (Å²) in [6.45, 7) is 6.93. The van der Waals surface area contributed by atoms with Crippen LogP contribution in [0.25, 0.3) is 0 Å². The topological polar surface area (TPSA) is 88.2 Å². The molecule has 2 saturated heterocycles. The number of carbonyl (C=O) groups excluding carboxylic acids is 3. The van der Waals surface area contributed by atoms with E-state index in [1.165, 1.54) is 4.90 Å². The molecule has 2 fully saturated rings. The van der Waals surface area contributed by atoms with E-state index in [0.29, 0.717) is 36.6 Å². The Morgan fingerprint density at radius 2 is 1.88 bits per heavy atom. The van der Waals surface area contributed by atoms with Gasteiger partial charge in [0.05, 0.1) is 12.6 Å². The largest absolute Gasteiger partial charge is 0.447 e. The Bertz CT molecular complexity index is 1060. The Morgan fingerprint density at radius 1 is 1.09 bits per heavy atom. The quantitative estimate of drug-likeness (QED) is 0.709. The van der Waals surface area contributed by atoms with E-state index in [1.807, 2.05) is 39.0 Å². The summed E-state index contributed by atoms with van der Waals surface area (Å²) in [5.74, 6) is -0.275. The highest BCUT2D eigenvalue weighted by atomic mass is 16.6. The molecule has 8 heteroatoms. The first-order valence-electron chi connectivity index (χ1n) is 11.2. The third-order valence-electron chi connectivity index (χ3n) is 5.62. The van der Waals surface area contributed by atoms with Crippen molar-refractivity contribution >= 4 is 29.5 Å². The van der Waals surface area contributed by atoms with Gasteiger partial charge in [0, 0.05) is 23.5 Å². The Balaban J connectivity index is 1.54. The van der Waals surface area contributed by atoms with Crippen LogP contribution in [0, 0.1) is 0 Å². The van der Waals surface area contributed by atoms with Crippen molar-refractivity contribution in [2.75, 3.05) is 29.9 Å². The van der Waals surface area contributed by atoms with Crippen molar-refractivity contribution in [2.24, 2.45) is 0 Å². The lowest BCUT2D eigenvalue weighted by Crippen LogP contribution is -2.37. The molecule has 8 nitrogen and oxygen atoms in total. The third kappa shape index (κ3) is 5.10. The highest BCUT2D eigenvalue weighted by Crippen LogP contribution is 2.35. The van der Waals surface area contributed by atoms with Crippen molar-refractivity contribution in [1.29, 1.82) is 0 Å². The van der Waals surface area contributed by atoms with Crippen molar-refractivity contribution in [1.82, 2.24) is 4.90 Å². The average molecular weight is 452 g/mol. The van der Waals surface area contributed by atoms with Crippen LogP contribution in [-0.2, 0) is 9.47 Å². The number of rotatable bonds is 4. The van der Waals surface area contributed by atoms with Crippen LogP contribution in [0.2, 0.25) is 0 Å². The maximum absolute atomic E-state index is 13.2. The smallest absolute Gasteiger partial charge is 0.414 e. The molecule has 1 unspecified atom stereocenters. The minimum Gasteiger partial charge on any atom is -0.447 e. The molecule has 4 rings (SSSR count). The van der Waals surface area contributed by atoms with Crippen LogP contribution < -0.4 is 10.2 Å². The molecule has 3 amide bonds. The molecule has 174 valence electrons. The zero-order valence-corrected chi connectivity index (χ0v) is 19.2. The van der Waals surface area contributed by atoms with Crippen molar-refractivity contribution in [3.63, 3.8) is 0 Å². The first-order valence-corrected chi connectivity index (χ1v) is 11.2. The predicted octanol–water partition coefficient (Wildman–Crippen LogP) is 4.97. The molecule has 2 aliphatic rings. The van der Waals surface area contributed by atoms with Crippen LogP contribution in [-0.4, -0.2) is 48.3 Å². The van der Waals surface area contributed by atoms with Crippen LogP contribution in [0.3, 0.4) is 0 Å². The minimum atomic E-state index is -0.589. The summed E-state index contributed by atoms with van der Waals surface area (Å²) in [6, 6.07) is 14.2. The van der Waals surface area contributed by atoms with Crippen molar-refractivity contribution < 1.29 is 23.9 Å². The maximum atomic E-state index is 13.2. The van der Waals surface area contributed by atoms with Gasteiger partial charge < -0.3 is 19.7 Å². The van der Waals surface area contributed by atoms with E-state index in [0.717, 1.165) is 18.4 Å². The fourth-order valence-corrected chi connectivity index (χ4v) is 4.20. The van der Waals surface area contributed by atoms with Crippen molar-refractivity contribution in [3.8, 4) is 0 Å². The van der Waals surface area contributed by atoms with Crippen LogP contribution in [0.5, 0.6) is 0 Å². The molecule has 2 aromatic rings. The summed E-state index contributed by atoms with van der Waals surface area (Å²) >= 11 is 0. The Hall–Kier alpha value is -3.55. The Morgan fingerprint density at radius 3 is 2.61 bits per heavy atom. The predicted molar refractivity (Wildman–Crippen MR) is 124 cm³/mol. The zero-order chi connectivity index (χ0) is 23.6. The Labute approximate surface area is 193 Å². The maximum Gasteiger partial charge on any atom is 0.414 e. The fraction of sp³-hybridized carbons (Fsp3) is 0.400. The van der Waals surface area contributed by atoms with E-state index >= 15 is 0 Å². The van der Waals surface area contributed by atoms with Crippen LogP contribution in [0.15, 0.2) is 48.5 Å². The van der Waals surface area contributed by atoms with Gasteiger partial charge in [-0.05, 0) is 63.4 Å². The lowest BCUT2D eigenvalue weighted by molar-refractivity contribution is 0.0223. The second kappa shape index (κ2) is 9.13. The standard InChI is InChI=1S/C25H29N3O5/c1-25(2,3)33-24(31)28-13-7-12-21(28)19-10-4-5-11-20(19)22(29)26-17-8-6-9-18(16-17)27-14-15-32-23(27)30/h4-6,8-11,16,21H,7,12-15H2,1-3H3,(H,26,29). The van der Waals surface area contributed by atoms with Gasteiger partial charge in [-0.3, -0.25) is 9.69 Å². The first-order chi connectivity index (χ1) is 15.7. The summed E-state index contributed by atoms with van der Waals surface area (Å²) in [6.07, 6.45) is 0.835. The SMILES string of the molecule is CC(C)(C)OC(=O)N1CCCC1c1ccccc1C(=O)Nc1cccc(N2CCOC2=O)c1. The zero-order valence-electron chi connectivity index (χ0n) is 19.2. The summed E-state index contributed by atoms with van der Waals surface area (Å²) in [4.78, 5) is 41.1. The van der Waals surface area contributed by atoms with Gasteiger partial charge in [0.1, 0.15) is 12.2 Å². The summed E-state index contributed by atoms with van der Waals surface area (Å²) in [7, 11) is 0. The number of benzene rings is 2. The van der Waals surface area contributed by atoms with E-state index in [9.17, 15) is 14.4 Å². The second-order valence-electron chi connectivity index (χ2n) is 9.19. The molecule has 2 aliphatic heterocycles. The number of nitrogens with one attached hydrogen (secondary N) is 1. The van der Waals surface area contributed by atoms with Gasteiger partial charge in [-0.15, -0.1) is 0 Å². The number of carbonyl (C=O) groups is 3. The molecular weight excluding hydrogens is 422 g/mol. The molecule has 0 spiro atoms. The van der Waals surface area contributed by atoms with E-state index in [1.54, 1.807) is 35.2 Å². The molecule has 0 aromatic heterocycles. The minimum absolute atomic E-state index is 0.229. The molecule has 1 atom stereocenters. The van der Waals surface area contributed by atoms with Crippen LogP contribution >= 0.6 is 0 Å². The van der Waals surface area contributed by atoms with Crippen LogP contribution in [0.4, 0.5) is 21.0 Å². The lowest BCUT2D eigenvalue weighted by atomic mass is 9.98. The number of ether oxygens (including phenoxy) is 2. The van der Waals surface area contributed by atoms with Gasteiger partial charge in [0.25, 0.3) is 5.91 Å². The van der Waals surface area contributed by atoms with E-state index < -0.39 is 11.7 Å². The van der Waals surface area contributed by atoms with E-state index in [-0.39, 0.29) is 18.0 Å². The fourth-order valence-electron chi connectivity index (χ4n) is 4.20. The molecule has 0 bridgehead atoms. The number of amides is 3. The molecule has 0 aliphatic carbocycles. The number of nitrogens with zero attached hydrogens (tertiary/aromatic N) is 2. The van der Waals surface area contributed by atoms with Crippen molar-refractivity contribution in [3.05, 3.63) is 59.7 Å². The summed E-state index contributed by atoms with van der Waals surface area (Å²) in [5.41, 5.74) is 1.94. The van der Waals surface area contributed by atoms with Gasteiger partial charge in [0.15, 0.2) is 0 Å². The first kappa shape index (κ1) is 22.6. The van der Waals surface area contributed by atoms with E-state index in [2.05, 4.69) is 5.32 Å². The molecule has 33 heavy (non-hydrogen) atoms. The highest BCUT2D eigenvalue weighted by molar-refractivity contribution is 6.06. The monoisotopic (exact) mass is 451 g/mol. The molecule has 0 saturated carbocycles. The van der Waals surface area contributed by atoms with Gasteiger partial charge in [0.2, 0.25) is 0 Å². The summed E-state index contributed by atoms with van der Waals surface area (Å²) in [5, 5.41) is 2.93. The van der Waals surface area contributed by atoms with Gasteiger partial charge in [-0.25, -0.2) is 9.59 Å². The number of likely N-dealkylation sites (tertiary alicyclic amines) is 1. The lowest BCUT2D eigenvalue weighted by Gasteiger charge is -2.29. The van der Waals surface area contributed by atoms with Gasteiger partial charge >= 0.3 is 12.2 Å². The number of cyclic esters (lactones) is 1. The molecular formula is C25H29N3O5. The molecule has 2 aromatic carbocycles. The molecule has 0 radical (unpaired) electrons. The number of hydrogen-bond acceptors (Lipinski definition) is 5. The second-order valence-corrected chi connectivity index (χ2v) is 9.19. The summed E-state index contributed by atoms with van der Waals surface area (Å²) < 4.78 is 10.6. The van der Waals surface area contributed by atoms with Gasteiger partial charge in [-0.2, -0.15) is 0 Å². The third-order valence-corrected chi connectivity index (χ3v) is 5.62. The van der Waals surface area contributed by atoms with Crippen molar-refractivity contribution in [2.45, 2.75) is 45.3 Å². The number of anilines is 2. The molecule has 1 N–H and O–H groups in total. The van der Waals surface area contributed by atoms with Crippen LogP contribution in [0.1, 0.15) is 55.6 Å². The van der Waals surface area contributed by atoms with Gasteiger partial charge in [-0.1, -0.05) is 24.3 Å². The Kier molecular flexibility index (Phi) is 6.26. The number of hydrogen-bond donors (Lipinski definition) is 1. The molecule has 2 heterocycles.